The van der Waals surface area contributed by atoms with Crippen molar-refractivity contribution in [3.8, 4) is 0 Å². The van der Waals surface area contributed by atoms with E-state index < -0.39 is 10.0 Å². The summed E-state index contributed by atoms with van der Waals surface area (Å²) in [5, 5.41) is 8.33. The number of nitrogens with zero attached hydrogens (tertiary/aromatic N) is 1. The number of primary sulfonamides is 1. The predicted octanol–water partition coefficient (Wildman–Crippen LogP) is 1.30. The van der Waals surface area contributed by atoms with Gasteiger partial charge in [0.15, 0.2) is 5.96 Å². The van der Waals surface area contributed by atoms with Crippen LogP contribution < -0.4 is 16.2 Å². The Hall–Kier alpha value is -0.870. The quantitative estimate of drug-likeness (QED) is 0.384. The molecule has 0 saturated heterocycles. The summed E-state index contributed by atoms with van der Waals surface area (Å²) in [6.45, 7) is 0.193. The van der Waals surface area contributed by atoms with Gasteiger partial charge in [0, 0.05) is 6.04 Å². The van der Waals surface area contributed by atoms with Gasteiger partial charge in [0.1, 0.15) is 0 Å². The maximum absolute atomic E-state index is 11.5. The largest absolute Gasteiger partial charge is 0.370 e. The van der Waals surface area contributed by atoms with Crippen LogP contribution in [-0.4, -0.2) is 20.4 Å². The van der Waals surface area contributed by atoms with Crippen LogP contribution in [0.5, 0.6) is 0 Å². The number of benzene rings is 1. The molecule has 0 spiro atoms. The third-order valence-corrected chi connectivity index (χ3v) is 4.42. The fraction of sp³-hybridized carbons (Fsp3) is 0.462. The van der Waals surface area contributed by atoms with Crippen molar-refractivity contribution in [2.45, 2.75) is 43.2 Å². The lowest BCUT2D eigenvalue weighted by Crippen LogP contribution is -2.38. The van der Waals surface area contributed by atoms with Crippen LogP contribution >= 0.6 is 24.0 Å². The highest BCUT2D eigenvalue weighted by Crippen LogP contribution is 2.17. The van der Waals surface area contributed by atoms with E-state index >= 15 is 0 Å². The van der Waals surface area contributed by atoms with E-state index in [9.17, 15) is 8.42 Å². The molecule has 0 unspecified atom stereocenters. The summed E-state index contributed by atoms with van der Waals surface area (Å²) in [4.78, 5) is 4.29. The van der Waals surface area contributed by atoms with Crippen LogP contribution in [0.15, 0.2) is 34.2 Å². The molecular weight excluding hydrogens is 403 g/mol. The Kier molecular flexibility index (Phi) is 6.88. The molecule has 1 aromatic carbocycles. The molecule has 1 aliphatic rings. The lowest BCUT2D eigenvalue weighted by atomic mass is 10.2. The molecule has 1 fully saturated rings. The molecule has 0 aromatic heterocycles. The average molecular weight is 424 g/mol. The highest BCUT2D eigenvalue weighted by Gasteiger charge is 2.15. The van der Waals surface area contributed by atoms with Gasteiger partial charge in [0.05, 0.1) is 11.4 Å². The molecule has 0 radical (unpaired) electrons. The topological polar surface area (TPSA) is 111 Å². The van der Waals surface area contributed by atoms with Gasteiger partial charge in [-0.15, -0.1) is 24.0 Å². The second-order valence-electron chi connectivity index (χ2n) is 4.98. The predicted molar refractivity (Wildman–Crippen MR) is 93.9 cm³/mol. The maximum Gasteiger partial charge on any atom is 0.238 e. The number of halogens is 1. The summed E-state index contributed by atoms with van der Waals surface area (Å²) in [5.74, 6) is 0.348. The van der Waals surface area contributed by atoms with Crippen molar-refractivity contribution in [2.75, 3.05) is 0 Å². The molecule has 1 aromatic rings. The highest BCUT2D eigenvalue weighted by molar-refractivity contribution is 14.0. The summed E-state index contributed by atoms with van der Waals surface area (Å²) in [7, 11) is -3.73. The molecule has 6 nitrogen and oxygen atoms in total. The lowest BCUT2D eigenvalue weighted by Gasteiger charge is -2.12. The molecule has 2 rings (SSSR count). The van der Waals surface area contributed by atoms with E-state index in [2.05, 4.69) is 10.3 Å². The monoisotopic (exact) mass is 424 g/mol. The van der Waals surface area contributed by atoms with Crippen LogP contribution in [0, 0.1) is 0 Å². The summed E-state index contributed by atoms with van der Waals surface area (Å²) < 4.78 is 22.9. The van der Waals surface area contributed by atoms with E-state index in [0.717, 1.165) is 12.8 Å². The number of hydrogen-bond donors (Lipinski definition) is 3. The second-order valence-corrected chi connectivity index (χ2v) is 6.51. The van der Waals surface area contributed by atoms with Crippen LogP contribution in [-0.2, 0) is 16.6 Å². The Labute approximate surface area is 142 Å². The fourth-order valence-corrected chi connectivity index (χ4v) is 3.17. The summed E-state index contributed by atoms with van der Waals surface area (Å²) in [6, 6.07) is 6.92. The Bertz CT molecular complexity index is 598. The minimum Gasteiger partial charge on any atom is -0.370 e. The van der Waals surface area contributed by atoms with Crippen molar-refractivity contribution < 1.29 is 8.42 Å². The number of nitrogens with one attached hydrogen (secondary N) is 1. The van der Waals surface area contributed by atoms with Crippen LogP contribution in [0.2, 0.25) is 0 Å². The van der Waals surface area contributed by atoms with E-state index in [1.165, 1.54) is 18.9 Å². The summed E-state index contributed by atoms with van der Waals surface area (Å²) in [5.41, 5.74) is 6.37. The molecule has 1 aliphatic carbocycles. The van der Waals surface area contributed by atoms with Gasteiger partial charge in [-0.25, -0.2) is 18.5 Å². The molecule has 5 N–H and O–H groups in total. The number of sulfonamides is 1. The smallest absolute Gasteiger partial charge is 0.238 e. The van der Waals surface area contributed by atoms with Crippen molar-refractivity contribution in [2.24, 2.45) is 15.9 Å². The summed E-state index contributed by atoms with van der Waals surface area (Å²) in [6.07, 6.45) is 4.62. The Morgan fingerprint density at radius 1 is 1.29 bits per heavy atom. The number of aliphatic imine (C=N–C) groups is 1. The van der Waals surface area contributed by atoms with Gasteiger partial charge in [0.2, 0.25) is 10.0 Å². The van der Waals surface area contributed by atoms with Gasteiger partial charge in [-0.3, -0.25) is 0 Å². The van der Waals surface area contributed by atoms with E-state index in [1.54, 1.807) is 18.2 Å². The molecule has 0 atom stereocenters. The zero-order valence-corrected chi connectivity index (χ0v) is 14.8. The van der Waals surface area contributed by atoms with Gasteiger partial charge in [-0.2, -0.15) is 0 Å². The number of guanidine groups is 1. The van der Waals surface area contributed by atoms with Crippen molar-refractivity contribution in [1.29, 1.82) is 0 Å². The van der Waals surface area contributed by atoms with Gasteiger partial charge in [0.25, 0.3) is 0 Å². The standard InChI is InChI=1S/C13H20N4O2S.HI/c14-13(17-11-6-2-3-7-11)16-9-10-5-1-4-8-12(10)20(15,18)19;/h1,4-5,8,11H,2-3,6-7,9H2,(H3,14,16,17)(H2,15,18,19);1H. The first-order valence-electron chi connectivity index (χ1n) is 6.64. The van der Waals surface area contributed by atoms with Crippen LogP contribution in [0.25, 0.3) is 0 Å². The summed E-state index contributed by atoms with van der Waals surface area (Å²) >= 11 is 0. The molecule has 21 heavy (non-hydrogen) atoms. The van der Waals surface area contributed by atoms with Crippen molar-refractivity contribution in [1.82, 2.24) is 5.32 Å². The second kappa shape index (κ2) is 7.95. The average Bonchev–Trinajstić information content (AvgIpc) is 2.88. The molecule has 0 aliphatic heterocycles. The first kappa shape index (κ1) is 18.2. The molecule has 0 bridgehead atoms. The van der Waals surface area contributed by atoms with Gasteiger partial charge in [-0.1, -0.05) is 31.0 Å². The molecule has 1 saturated carbocycles. The van der Waals surface area contributed by atoms with Crippen LogP contribution in [0.4, 0.5) is 0 Å². The van der Waals surface area contributed by atoms with Crippen molar-refractivity contribution in [3.63, 3.8) is 0 Å². The normalized spacial score (nSPS) is 16.5. The number of rotatable bonds is 4. The van der Waals surface area contributed by atoms with Crippen LogP contribution in [0.1, 0.15) is 31.2 Å². The van der Waals surface area contributed by atoms with E-state index in [0.29, 0.717) is 17.6 Å². The lowest BCUT2D eigenvalue weighted by molar-refractivity contribution is 0.596. The molecule has 0 heterocycles. The van der Waals surface area contributed by atoms with Crippen molar-refractivity contribution >= 4 is 40.0 Å². The first-order chi connectivity index (χ1) is 9.47. The molecule has 8 heteroatoms. The van der Waals surface area contributed by atoms with Gasteiger partial charge >= 0.3 is 0 Å². The van der Waals surface area contributed by atoms with E-state index in [-0.39, 0.29) is 35.4 Å². The minimum atomic E-state index is -3.73. The molecule has 0 amide bonds. The van der Waals surface area contributed by atoms with Crippen LogP contribution in [0.3, 0.4) is 0 Å². The van der Waals surface area contributed by atoms with Gasteiger partial charge in [-0.05, 0) is 24.5 Å². The van der Waals surface area contributed by atoms with E-state index in [4.69, 9.17) is 10.9 Å². The SMILES string of the molecule is I.NC(=NCc1ccccc1S(N)(=O)=O)NC1CCCC1. The highest BCUT2D eigenvalue weighted by atomic mass is 127. The molecule has 118 valence electrons. The number of nitrogens with two attached hydrogens (primary N) is 2. The Balaban J connectivity index is 0.00000220. The zero-order valence-electron chi connectivity index (χ0n) is 11.7. The third-order valence-electron chi connectivity index (χ3n) is 3.41. The van der Waals surface area contributed by atoms with E-state index in [1.807, 2.05) is 0 Å². The molecular formula is C13H21IN4O2S. The first-order valence-corrected chi connectivity index (χ1v) is 8.18. The maximum atomic E-state index is 11.5. The fourth-order valence-electron chi connectivity index (χ4n) is 2.41. The third kappa shape index (κ3) is 5.44. The Morgan fingerprint density at radius 2 is 1.90 bits per heavy atom. The Morgan fingerprint density at radius 3 is 2.52 bits per heavy atom. The zero-order chi connectivity index (χ0) is 14.6. The van der Waals surface area contributed by atoms with Gasteiger partial charge < -0.3 is 11.1 Å². The minimum absolute atomic E-state index is 0. The van der Waals surface area contributed by atoms with Crippen molar-refractivity contribution in [3.05, 3.63) is 29.8 Å². The number of hydrogen-bond acceptors (Lipinski definition) is 3.